The molecule has 4 nitrogen and oxygen atoms in total. The van der Waals surface area contributed by atoms with Crippen LogP contribution in [-0.2, 0) is 0 Å². The van der Waals surface area contributed by atoms with Gasteiger partial charge in [-0.2, -0.15) is 0 Å². The molecule has 1 heterocycles. The van der Waals surface area contributed by atoms with E-state index < -0.39 is 0 Å². The van der Waals surface area contributed by atoms with Crippen LogP contribution in [0, 0.1) is 12.7 Å². The van der Waals surface area contributed by atoms with Gasteiger partial charge in [-0.15, -0.1) is 0 Å². The highest BCUT2D eigenvalue weighted by atomic mass is 19.1. The Morgan fingerprint density at radius 3 is 2.67 bits per heavy atom. The molecule has 1 aromatic carbocycles. The molecule has 21 heavy (non-hydrogen) atoms. The lowest BCUT2D eigenvalue weighted by atomic mass is 10.1. The Hall–Kier alpha value is -2.17. The van der Waals surface area contributed by atoms with Crippen molar-refractivity contribution < 1.29 is 4.39 Å². The molecular weight excluding hydrogens is 267 g/mol. The maximum Gasteiger partial charge on any atom is 0.137 e. The van der Waals surface area contributed by atoms with E-state index in [-0.39, 0.29) is 11.9 Å². The van der Waals surface area contributed by atoms with Crippen molar-refractivity contribution in [3.8, 4) is 0 Å². The first kappa shape index (κ1) is 15.2. The number of hydrogen-bond donors (Lipinski definition) is 1. The molecule has 1 atom stereocenters. The van der Waals surface area contributed by atoms with Crippen LogP contribution in [0.3, 0.4) is 0 Å². The molecular formula is C16H21FN4. The van der Waals surface area contributed by atoms with E-state index in [2.05, 4.69) is 15.3 Å². The van der Waals surface area contributed by atoms with Crippen molar-refractivity contribution in [3.05, 3.63) is 47.5 Å². The van der Waals surface area contributed by atoms with E-state index in [0.29, 0.717) is 5.56 Å². The zero-order valence-corrected chi connectivity index (χ0v) is 12.9. The summed E-state index contributed by atoms with van der Waals surface area (Å²) in [5.41, 5.74) is 1.62. The van der Waals surface area contributed by atoms with Crippen LogP contribution >= 0.6 is 0 Å². The summed E-state index contributed by atoms with van der Waals surface area (Å²) in [6.07, 6.45) is 1.53. The predicted octanol–water partition coefficient (Wildman–Crippen LogP) is 3.55. The summed E-state index contributed by atoms with van der Waals surface area (Å²) in [7, 11) is 1.92. The molecule has 0 fully saturated rings. The van der Waals surface area contributed by atoms with Crippen molar-refractivity contribution in [2.24, 2.45) is 0 Å². The second-order valence-electron chi connectivity index (χ2n) is 5.01. The lowest BCUT2D eigenvalue weighted by Gasteiger charge is -2.28. The van der Waals surface area contributed by atoms with Gasteiger partial charge in [0.1, 0.15) is 23.8 Å². The number of anilines is 2. The topological polar surface area (TPSA) is 41.1 Å². The van der Waals surface area contributed by atoms with Crippen molar-refractivity contribution >= 4 is 11.6 Å². The molecule has 0 aliphatic heterocycles. The summed E-state index contributed by atoms with van der Waals surface area (Å²) in [4.78, 5) is 10.6. The monoisotopic (exact) mass is 288 g/mol. The van der Waals surface area contributed by atoms with Crippen LogP contribution in [0.15, 0.2) is 30.6 Å². The van der Waals surface area contributed by atoms with Crippen LogP contribution in [0.2, 0.25) is 0 Å². The second kappa shape index (κ2) is 6.52. The molecule has 0 amide bonds. The van der Waals surface area contributed by atoms with Gasteiger partial charge in [0.2, 0.25) is 0 Å². The fourth-order valence-electron chi connectivity index (χ4n) is 2.35. The second-order valence-corrected chi connectivity index (χ2v) is 5.01. The van der Waals surface area contributed by atoms with Gasteiger partial charge in [0.25, 0.3) is 0 Å². The highest BCUT2D eigenvalue weighted by Crippen LogP contribution is 2.29. The summed E-state index contributed by atoms with van der Waals surface area (Å²) in [5, 5.41) is 3.21. The molecule has 5 heteroatoms. The van der Waals surface area contributed by atoms with E-state index in [9.17, 15) is 4.39 Å². The zero-order chi connectivity index (χ0) is 15.4. The van der Waals surface area contributed by atoms with Crippen molar-refractivity contribution in [3.63, 3.8) is 0 Å². The number of hydrogen-bond acceptors (Lipinski definition) is 4. The standard InChI is InChI=1S/C16H21FN4/c1-5-18-15-11(2)16(20-10-19-15)21(4)12(3)13-8-6-7-9-14(13)17/h6-10,12H,5H2,1-4H3,(H,18,19,20). The average molecular weight is 288 g/mol. The number of aromatic nitrogens is 2. The van der Waals surface area contributed by atoms with Crippen LogP contribution in [0.25, 0.3) is 0 Å². The van der Waals surface area contributed by atoms with Gasteiger partial charge in [-0.3, -0.25) is 0 Å². The maximum atomic E-state index is 13.9. The highest BCUT2D eigenvalue weighted by molar-refractivity contribution is 5.58. The SMILES string of the molecule is CCNc1ncnc(N(C)C(C)c2ccccc2F)c1C. The van der Waals surface area contributed by atoms with E-state index in [1.807, 2.05) is 38.8 Å². The first-order valence-electron chi connectivity index (χ1n) is 7.09. The van der Waals surface area contributed by atoms with Crippen molar-refractivity contribution in [2.75, 3.05) is 23.8 Å². The number of benzene rings is 1. The van der Waals surface area contributed by atoms with Crippen molar-refractivity contribution in [1.29, 1.82) is 0 Å². The zero-order valence-electron chi connectivity index (χ0n) is 12.9. The summed E-state index contributed by atoms with van der Waals surface area (Å²) < 4.78 is 13.9. The van der Waals surface area contributed by atoms with Crippen LogP contribution in [0.4, 0.5) is 16.0 Å². The van der Waals surface area contributed by atoms with Crippen molar-refractivity contribution in [1.82, 2.24) is 9.97 Å². The van der Waals surface area contributed by atoms with Crippen LogP contribution in [0.5, 0.6) is 0 Å². The van der Waals surface area contributed by atoms with Crippen LogP contribution in [-0.4, -0.2) is 23.6 Å². The van der Waals surface area contributed by atoms with Gasteiger partial charge in [0.15, 0.2) is 0 Å². The van der Waals surface area contributed by atoms with Gasteiger partial charge in [0.05, 0.1) is 6.04 Å². The highest BCUT2D eigenvalue weighted by Gasteiger charge is 2.19. The third-order valence-corrected chi connectivity index (χ3v) is 3.67. The first-order valence-corrected chi connectivity index (χ1v) is 7.09. The van der Waals surface area contributed by atoms with Gasteiger partial charge in [0, 0.05) is 24.7 Å². The van der Waals surface area contributed by atoms with E-state index >= 15 is 0 Å². The average Bonchev–Trinajstić information content (AvgIpc) is 2.49. The Kier molecular flexibility index (Phi) is 4.73. The third-order valence-electron chi connectivity index (χ3n) is 3.67. The Morgan fingerprint density at radius 2 is 2.00 bits per heavy atom. The van der Waals surface area contributed by atoms with Crippen LogP contribution < -0.4 is 10.2 Å². The minimum absolute atomic E-state index is 0.116. The third kappa shape index (κ3) is 3.12. The summed E-state index contributed by atoms with van der Waals surface area (Å²) in [5.74, 6) is 1.42. The Bertz CT molecular complexity index is 615. The number of halogens is 1. The molecule has 112 valence electrons. The number of nitrogens with zero attached hydrogens (tertiary/aromatic N) is 3. The smallest absolute Gasteiger partial charge is 0.137 e. The molecule has 1 aromatic heterocycles. The first-order chi connectivity index (χ1) is 10.1. The van der Waals surface area contributed by atoms with E-state index in [0.717, 1.165) is 23.7 Å². The van der Waals surface area contributed by atoms with Gasteiger partial charge in [-0.05, 0) is 26.8 Å². The molecule has 0 spiro atoms. The molecule has 0 aliphatic carbocycles. The van der Waals surface area contributed by atoms with Gasteiger partial charge in [-0.1, -0.05) is 18.2 Å². The summed E-state index contributed by atoms with van der Waals surface area (Å²) in [6.45, 7) is 6.75. The normalized spacial score (nSPS) is 12.0. The minimum atomic E-state index is -0.199. The molecule has 2 aromatic rings. The number of rotatable bonds is 5. The molecule has 0 saturated heterocycles. The number of nitrogens with one attached hydrogen (secondary N) is 1. The van der Waals surface area contributed by atoms with E-state index in [1.54, 1.807) is 12.1 Å². The Morgan fingerprint density at radius 1 is 1.29 bits per heavy atom. The molecule has 1 unspecified atom stereocenters. The minimum Gasteiger partial charge on any atom is -0.370 e. The summed E-state index contributed by atoms with van der Waals surface area (Å²) >= 11 is 0. The molecule has 0 bridgehead atoms. The van der Waals surface area contributed by atoms with Gasteiger partial charge < -0.3 is 10.2 Å². The van der Waals surface area contributed by atoms with Gasteiger partial charge in [-0.25, -0.2) is 14.4 Å². The maximum absolute atomic E-state index is 13.9. The van der Waals surface area contributed by atoms with E-state index in [1.165, 1.54) is 12.4 Å². The molecule has 0 aliphatic rings. The van der Waals surface area contributed by atoms with E-state index in [4.69, 9.17) is 0 Å². The molecule has 0 radical (unpaired) electrons. The fourth-order valence-corrected chi connectivity index (χ4v) is 2.35. The Labute approximate surface area is 125 Å². The molecule has 0 saturated carbocycles. The molecule has 2 rings (SSSR count). The quantitative estimate of drug-likeness (QED) is 0.913. The lowest BCUT2D eigenvalue weighted by molar-refractivity contribution is 0.583. The fraction of sp³-hybridized carbons (Fsp3) is 0.375. The largest absolute Gasteiger partial charge is 0.370 e. The lowest BCUT2D eigenvalue weighted by Crippen LogP contribution is -2.25. The van der Waals surface area contributed by atoms with Gasteiger partial charge >= 0.3 is 0 Å². The van der Waals surface area contributed by atoms with Crippen LogP contribution in [0.1, 0.15) is 31.0 Å². The Balaban J connectivity index is 2.34. The summed E-state index contributed by atoms with van der Waals surface area (Å²) in [6, 6.07) is 6.72. The van der Waals surface area contributed by atoms with Crippen molar-refractivity contribution in [2.45, 2.75) is 26.8 Å². The predicted molar refractivity (Wildman–Crippen MR) is 84.2 cm³/mol. The molecule has 1 N–H and O–H groups in total.